The van der Waals surface area contributed by atoms with E-state index >= 15 is 0 Å². The highest BCUT2D eigenvalue weighted by molar-refractivity contribution is 14.0. The van der Waals surface area contributed by atoms with Crippen LogP contribution in [0.1, 0.15) is 35.1 Å². The second-order valence-corrected chi connectivity index (χ2v) is 7.32. The zero-order chi connectivity index (χ0) is 18.8. The maximum Gasteiger partial charge on any atom is 0.194 e. The normalized spacial score (nSPS) is 24.5. The average Bonchev–Trinajstić information content (AvgIpc) is 3.46. The van der Waals surface area contributed by atoms with Crippen LogP contribution in [-0.4, -0.2) is 43.6 Å². The summed E-state index contributed by atoms with van der Waals surface area (Å²) < 4.78 is 20.0. The van der Waals surface area contributed by atoms with Crippen molar-refractivity contribution in [2.75, 3.05) is 26.7 Å². The molecule has 1 saturated carbocycles. The van der Waals surface area contributed by atoms with E-state index in [0.29, 0.717) is 6.61 Å². The Morgan fingerprint density at radius 3 is 2.57 bits per heavy atom. The van der Waals surface area contributed by atoms with Gasteiger partial charge < -0.3 is 15.0 Å². The molecule has 1 saturated heterocycles. The van der Waals surface area contributed by atoms with Crippen molar-refractivity contribution in [1.29, 1.82) is 0 Å². The number of hydrogen-bond donors (Lipinski definition) is 1. The highest BCUT2D eigenvalue weighted by atomic mass is 127. The van der Waals surface area contributed by atoms with E-state index in [1.807, 2.05) is 12.1 Å². The lowest BCUT2D eigenvalue weighted by atomic mass is 10.0. The second-order valence-electron chi connectivity index (χ2n) is 7.32. The third-order valence-corrected chi connectivity index (χ3v) is 5.52. The number of nitrogens with zero attached hydrogens (tertiary/aromatic N) is 2. The first-order chi connectivity index (χ1) is 13.2. The predicted molar refractivity (Wildman–Crippen MR) is 121 cm³/mol. The second kappa shape index (κ2) is 9.22. The van der Waals surface area contributed by atoms with Crippen LogP contribution in [0.25, 0.3) is 0 Å². The molecule has 1 aliphatic carbocycles. The Morgan fingerprint density at radius 1 is 1.14 bits per heavy atom. The van der Waals surface area contributed by atoms with Crippen molar-refractivity contribution in [3.8, 4) is 0 Å². The summed E-state index contributed by atoms with van der Waals surface area (Å²) in [7, 11) is 1.81. The van der Waals surface area contributed by atoms with E-state index in [-0.39, 0.29) is 47.9 Å². The van der Waals surface area contributed by atoms with Gasteiger partial charge in [-0.1, -0.05) is 42.5 Å². The minimum Gasteiger partial charge on any atom is -0.370 e. The van der Waals surface area contributed by atoms with Gasteiger partial charge in [-0.25, -0.2) is 4.39 Å². The average molecular weight is 495 g/mol. The largest absolute Gasteiger partial charge is 0.370 e. The van der Waals surface area contributed by atoms with E-state index < -0.39 is 0 Å². The van der Waals surface area contributed by atoms with Gasteiger partial charge in [0.2, 0.25) is 0 Å². The number of hydrogen-bond acceptors (Lipinski definition) is 2. The van der Waals surface area contributed by atoms with Crippen molar-refractivity contribution < 1.29 is 9.13 Å². The van der Waals surface area contributed by atoms with E-state index in [9.17, 15) is 4.39 Å². The molecule has 1 aliphatic heterocycles. The summed E-state index contributed by atoms with van der Waals surface area (Å²) in [5.41, 5.74) is 3.27. The topological polar surface area (TPSA) is 36.9 Å². The maximum atomic E-state index is 14.0. The van der Waals surface area contributed by atoms with Crippen molar-refractivity contribution >= 4 is 29.9 Å². The van der Waals surface area contributed by atoms with Crippen LogP contribution in [0.4, 0.5) is 4.39 Å². The van der Waals surface area contributed by atoms with Gasteiger partial charge in [0.15, 0.2) is 5.96 Å². The van der Waals surface area contributed by atoms with Gasteiger partial charge >= 0.3 is 0 Å². The molecule has 4 rings (SSSR count). The van der Waals surface area contributed by atoms with E-state index in [4.69, 9.17) is 4.74 Å². The van der Waals surface area contributed by atoms with Crippen LogP contribution in [0.2, 0.25) is 0 Å². The highest BCUT2D eigenvalue weighted by Gasteiger charge is 2.41. The standard InChI is InChI=1S/C22H26FN3O.HI/c1-15-7-3-4-8-16(15)21-14-26(11-12-27-21)22(24-2)25-20-13-18(20)17-9-5-6-10-19(17)23;/h3-10,18,20-21H,11-14H2,1-2H3,(H,24,25);1H. The van der Waals surface area contributed by atoms with Gasteiger partial charge in [-0.3, -0.25) is 4.99 Å². The Kier molecular flexibility index (Phi) is 6.93. The molecule has 0 radical (unpaired) electrons. The first-order valence-electron chi connectivity index (χ1n) is 9.57. The number of nitrogens with one attached hydrogen (secondary N) is 1. The van der Waals surface area contributed by atoms with Crippen molar-refractivity contribution in [1.82, 2.24) is 10.2 Å². The van der Waals surface area contributed by atoms with Crippen LogP contribution in [0, 0.1) is 12.7 Å². The molecule has 6 heteroatoms. The Hall–Kier alpha value is -1.67. The minimum atomic E-state index is -0.118. The fourth-order valence-electron chi connectivity index (χ4n) is 3.91. The summed E-state index contributed by atoms with van der Waals surface area (Å²) in [5.74, 6) is 0.977. The fraction of sp³-hybridized carbons (Fsp3) is 0.409. The smallest absolute Gasteiger partial charge is 0.194 e. The number of morpholine rings is 1. The summed E-state index contributed by atoms with van der Waals surface area (Å²) in [4.78, 5) is 6.72. The molecule has 3 atom stereocenters. The number of ether oxygens (including phenoxy) is 1. The molecule has 0 spiro atoms. The molecular formula is C22H27FIN3O. The number of halogens is 2. The Labute approximate surface area is 183 Å². The van der Waals surface area contributed by atoms with Crippen LogP contribution < -0.4 is 5.32 Å². The van der Waals surface area contributed by atoms with Gasteiger partial charge in [0.1, 0.15) is 11.9 Å². The van der Waals surface area contributed by atoms with Gasteiger partial charge in [-0.2, -0.15) is 0 Å². The monoisotopic (exact) mass is 495 g/mol. The lowest BCUT2D eigenvalue weighted by Crippen LogP contribution is -2.49. The Bertz CT molecular complexity index is 844. The Balaban J connectivity index is 0.00000225. The van der Waals surface area contributed by atoms with Gasteiger partial charge in [0.25, 0.3) is 0 Å². The van der Waals surface area contributed by atoms with Crippen LogP contribution in [0.15, 0.2) is 53.5 Å². The number of guanidine groups is 1. The number of aryl methyl sites for hydroxylation is 1. The Morgan fingerprint density at radius 2 is 1.86 bits per heavy atom. The molecule has 1 heterocycles. The molecule has 0 bridgehead atoms. The van der Waals surface area contributed by atoms with Gasteiger partial charge in [-0.15, -0.1) is 24.0 Å². The van der Waals surface area contributed by atoms with Gasteiger partial charge in [0, 0.05) is 25.6 Å². The molecule has 0 amide bonds. The molecule has 2 fully saturated rings. The lowest BCUT2D eigenvalue weighted by Gasteiger charge is -2.36. The molecule has 4 nitrogen and oxygen atoms in total. The van der Waals surface area contributed by atoms with E-state index in [2.05, 4.69) is 46.4 Å². The van der Waals surface area contributed by atoms with Crippen LogP contribution >= 0.6 is 24.0 Å². The summed E-state index contributed by atoms with van der Waals surface area (Å²) in [6, 6.07) is 15.7. The van der Waals surface area contributed by atoms with Crippen molar-refractivity contribution in [2.24, 2.45) is 4.99 Å². The number of benzene rings is 2. The minimum absolute atomic E-state index is 0. The third kappa shape index (κ3) is 4.49. The highest BCUT2D eigenvalue weighted by Crippen LogP contribution is 2.42. The molecule has 2 aromatic rings. The van der Waals surface area contributed by atoms with Gasteiger partial charge in [-0.05, 0) is 36.1 Å². The SMILES string of the molecule is CN=C(NC1CC1c1ccccc1F)N1CCOC(c2ccccc2C)C1.I. The van der Waals surface area contributed by atoms with Crippen LogP contribution in [0.3, 0.4) is 0 Å². The number of aliphatic imine (C=N–C) groups is 1. The molecule has 2 aromatic carbocycles. The fourth-order valence-corrected chi connectivity index (χ4v) is 3.91. The molecule has 2 aliphatic rings. The summed E-state index contributed by atoms with van der Waals surface area (Å²) >= 11 is 0. The van der Waals surface area contributed by atoms with Crippen LogP contribution in [-0.2, 0) is 4.74 Å². The molecule has 28 heavy (non-hydrogen) atoms. The molecular weight excluding hydrogens is 468 g/mol. The molecule has 150 valence electrons. The van der Waals surface area contributed by atoms with Crippen molar-refractivity contribution in [3.05, 3.63) is 71.0 Å². The predicted octanol–water partition coefficient (Wildman–Crippen LogP) is 4.26. The van der Waals surface area contributed by atoms with Gasteiger partial charge in [0.05, 0.1) is 13.2 Å². The molecule has 0 aromatic heterocycles. The number of rotatable bonds is 3. The first kappa shape index (κ1) is 21.0. The summed E-state index contributed by atoms with van der Waals surface area (Å²) in [5, 5.41) is 3.53. The van der Waals surface area contributed by atoms with E-state index in [1.54, 1.807) is 13.1 Å². The quantitative estimate of drug-likeness (QED) is 0.393. The van der Waals surface area contributed by atoms with E-state index in [1.165, 1.54) is 17.2 Å². The zero-order valence-corrected chi connectivity index (χ0v) is 18.6. The summed E-state index contributed by atoms with van der Waals surface area (Å²) in [6.07, 6.45) is 0.978. The molecule has 1 N–H and O–H groups in total. The van der Waals surface area contributed by atoms with Crippen molar-refractivity contribution in [3.63, 3.8) is 0 Å². The third-order valence-electron chi connectivity index (χ3n) is 5.52. The maximum absolute atomic E-state index is 14.0. The lowest BCUT2D eigenvalue weighted by molar-refractivity contribution is -0.00835. The van der Waals surface area contributed by atoms with Crippen LogP contribution in [0.5, 0.6) is 0 Å². The first-order valence-corrected chi connectivity index (χ1v) is 9.57. The zero-order valence-electron chi connectivity index (χ0n) is 16.3. The summed E-state index contributed by atoms with van der Waals surface area (Å²) in [6.45, 7) is 4.36. The van der Waals surface area contributed by atoms with Crippen molar-refractivity contribution in [2.45, 2.75) is 31.4 Å². The molecule has 3 unspecified atom stereocenters. The van der Waals surface area contributed by atoms with E-state index in [0.717, 1.165) is 31.0 Å².